The molecule has 0 saturated carbocycles. The van der Waals surface area contributed by atoms with Crippen molar-refractivity contribution in [3.8, 4) is 5.69 Å². The third-order valence-electron chi connectivity index (χ3n) is 3.03. The number of benzene rings is 1. The molecule has 0 saturated heterocycles. The van der Waals surface area contributed by atoms with Crippen LogP contribution in [0.5, 0.6) is 0 Å². The van der Waals surface area contributed by atoms with Gasteiger partial charge in [0.15, 0.2) is 0 Å². The van der Waals surface area contributed by atoms with E-state index in [1.807, 2.05) is 29.9 Å². The van der Waals surface area contributed by atoms with E-state index < -0.39 is 0 Å². The number of ether oxygens (including phenoxy) is 1. The molecule has 0 atom stereocenters. The van der Waals surface area contributed by atoms with Gasteiger partial charge < -0.3 is 10.1 Å². The summed E-state index contributed by atoms with van der Waals surface area (Å²) in [6.07, 6.45) is 0.893. The van der Waals surface area contributed by atoms with E-state index in [4.69, 9.17) is 4.74 Å². The first-order valence-corrected chi connectivity index (χ1v) is 5.82. The third-order valence-corrected chi connectivity index (χ3v) is 3.03. The highest BCUT2D eigenvalue weighted by Gasteiger charge is 2.20. The number of aromatic nitrogens is 2. The molecule has 2 heterocycles. The molecule has 1 aromatic heterocycles. The van der Waals surface area contributed by atoms with Gasteiger partial charge in [0, 0.05) is 19.0 Å². The van der Waals surface area contributed by atoms with Crippen molar-refractivity contribution in [1.82, 2.24) is 9.78 Å². The van der Waals surface area contributed by atoms with Gasteiger partial charge in [-0.3, -0.25) is 0 Å². The van der Waals surface area contributed by atoms with Crippen molar-refractivity contribution >= 4 is 5.82 Å². The number of para-hydroxylation sites is 1. The van der Waals surface area contributed by atoms with Gasteiger partial charge in [0.05, 0.1) is 24.6 Å². The van der Waals surface area contributed by atoms with Gasteiger partial charge in [0.2, 0.25) is 0 Å². The Morgan fingerprint density at radius 3 is 2.88 bits per heavy atom. The van der Waals surface area contributed by atoms with Crippen LogP contribution < -0.4 is 5.32 Å². The fourth-order valence-corrected chi connectivity index (χ4v) is 2.20. The molecule has 1 N–H and O–H groups in total. The average molecular weight is 229 g/mol. The van der Waals surface area contributed by atoms with E-state index in [1.54, 1.807) is 0 Å². The molecule has 2 aromatic rings. The molecule has 3 rings (SSSR count). The Balaban J connectivity index is 2.14. The van der Waals surface area contributed by atoms with Crippen molar-refractivity contribution in [3.05, 3.63) is 41.6 Å². The second kappa shape index (κ2) is 4.22. The Labute approximate surface area is 100 Å². The summed E-state index contributed by atoms with van der Waals surface area (Å²) in [4.78, 5) is 0. The molecule has 0 aliphatic carbocycles. The standard InChI is InChI=1S/C13H15N3O/c1-14-13-11-9-17-8-7-12(11)15-16(13)10-5-3-2-4-6-10/h2-6,14H,7-9H2,1H3. The first-order valence-electron chi connectivity index (χ1n) is 5.82. The van der Waals surface area contributed by atoms with Crippen molar-refractivity contribution in [2.45, 2.75) is 13.0 Å². The summed E-state index contributed by atoms with van der Waals surface area (Å²) < 4.78 is 7.45. The van der Waals surface area contributed by atoms with Crippen LogP contribution in [-0.2, 0) is 17.8 Å². The molecular weight excluding hydrogens is 214 g/mol. The minimum atomic E-state index is 0.651. The second-order valence-corrected chi connectivity index (χ2v) is 4.07. The summed E-state index contributed by atoms with van der Waals surface area (Å²) in [5.74, 6) is 1.03. The maximum Gasteiger partial charge on any atom is 0.135 e. The van der Waals surface area contributed by atoms with Crippen molar-refractivity contribution in [1.29, 1.82) is 0 Å². The SMILES string of the molecule is CNc1c2c(nn1-c1ccccc1)CCOC2. The lowest BCUT2D eigenvalue weighted by atomic mass is 10.1. The number of hydrogen-bond acceptors (Lipinski definition) is 3. The van der Waals surface area contributed by atoms with E-state index in [0.717, 1.165) is 30.2 Å². The zero-order chi connectivity index (χ0) is 11.7. The van der Waals surface area contributed by atoms with E-state index in [9.17, 15) is 0 Å². The minimum Gasteiger partial charge on any atom is -0.376 e. The van der Waals surface area contributed by atoms with Crippen LogP contribution in [0.3, 0.4) is 0 Å². The Bertz CT molecular complexity index is 519. The topological polar surface area (TPSA) is 39.1 Å². The van der Waals surface area contributed by atoms with E-state index >= 15 is 0 Å². The summed E-state index contributed by atoms with van der Waals surface area (Å²) in [7, 11) is 1.92. The van der Waals surface area contributed by atoms with Gasteiger partial charge in [0.1, 0.15) is 5.82 Å². The van der Waals surface area contributed by atoms with Crippen LogP contribution in [0.15, 0.2) is 30.3 Å². The first kappa shape index (κ1) is 10.4. The van der Waals surface area contributed by atoms with Gasteiger partial charge in [-0.2, -0.15) is 5.10 Å². The lowest BCUT2D eigenvalue weighted by Crippen LogP contribution is -2.09. The van der Waals surface area contributed by atoms with Crippen LogP contribution in [-0.4, -0.2) is 23.4 Å². The van der Waals surface area contributed by atoms with Crippen LogP contribution in [0.4, 0.5) is 5.82 Å². The fraction of sp³-hybridized carbons (Fsp3) is 0.308. The van der Waals surface area contributed by atoms with Crippen molar-refractivity contribution in [2.24, 2.45) is 0 Å². The molecule has 1 aliphatic heterocycles. The van der Waals surface area contributed by atoms with Gasteiger partial charge in [-0.1, -0.05) is 18.2 Å². The van der Waals surface area contributed by atoms with Gasteiger partial charge in [0.25, 0.3) is 0 Å². The van der Waals surface area contributed by atoms with Crippen LogP contribution in [0, 0.1) is 0 Å². The predicted molar refractivity (Wildman–Crippen MR) is 66.5 cm³/mol. The summed E-state index contributed by atoms with van der Waals surface area (Å²) in [6, 6.07) is 10.2. The fourth-order valence-electron chi connectivity index (χ4n) is 2.20. The molecule has 0 bridgehead atoms. The molecule has 0 amide bonds. The first-order chi connectivity index (χ1) is 8.40. The Kier molecular flexibility index (Phi) is 2.57. The normalized spacial score (nSPS) is 14.4. The number of anilines is 1. The summed E-state index contributed by atoms with van der Waals surface area (Å²) in [5, 5.41) is 7.89. The molecule has 0 spiro atoms. The van der Waals surface area contributed by atoms with Crippen LogP contribution >= 0.6 is 0 Å². The molecule has 88 valence electrons. The van der Waals surface area contributed by atoms with Crippen molar-refractivity contribution in [3.63, 3.8) is 0 Å². The van der Waals surface area contributed by atoms with E-state index in [1.165, 1.54) is 5.56 Å². The molecule has 1 aliphatic rings. The largest absolute Gasteiger partial charge is 0.376 e. The van der Waals surface area contributed by atoms with E-state index in [2.05, 4.69) is 22.5 Å². The highest BCUT2D eigenvalue weighted by molar-refractivity contribution is 5.53. The molecule has 4 nitrogen and oxygen atoms in total. The summed E-state index contributed by atoms with van der Waals surface area (Å²) in [5.41, 5.74) is 3.40. The van der Waals surface area contributed by atoms with Gasteiger partial charge in [-0.25, -0.2) is 4.68 Å². The van der Waals surface area contributed by atoms with Crippen molar-refractivity contribution < 1.29 is 4.74 Å². The summed E-state index contributed by atoms with van der Waals surface area (Å²) >= 11 is 0. The zero-order valence-corrected chi connectivity index (χ0v) is 9.81. The molecule has 0 radical (unpaired) electrons. The van der Waals surface area contributed by atoms with Gasteiger partial charge in [-0.05, 0) is 12.1 Å². The smallest absolute Gasteiger partial charge is 0.135 e. The zero-order valence-electron chi connectivity index (χ0n) is 9.81. The Hall–Kier alpha value is -1.81. The number of fused-ring (bicyclic) bond motifs is 1. The Morgan fingerprint density at radius 1 is 1.29 bits per heavy atom. The number of nitrogens with zero attached hydrogens (tertiary/aromatic N) is 2. The minimum absolute atomic E-state index is 0.651. The monoisotopic (exact) mass is 229 g/mol. The lowest BCUT2D eigenvalue weighted by molar-refractivity contribution is 0.110. The average Bonchev–Trinajstić information content (AvgIpc) is 2.78. The van der Waals surface area contributed by atoms with Crippen molar-refractivity contribution in [2.75, 3.05) is 19.0 Å². The predicted octanol–water partition coefficient (Wildman–Crippen LogP) is 1.99. The van der Waals surface area contributed by atoms with E-state index in [-0.39, 0.29) is 0 Å². The molecule has 0 fully saturated rings. The van der Waals surface area contributed by atoms with Gasteiger partial charge >= 0.3 is 0 Å². The number of nitrogens with one attached hydrogen (secondary N) is 1. The molecular formula is C13H15N3O. The maximum atomic E-state index is 5.49. The molecule has 17 heavy (non-hydrogen) atoms. The van der Waals surface area contributed by atoms with Crippen LogP contribution in [0.2, 0.25) is 0 Å². The molecule has 0 unspecified atom stereocenters. The summed E-state index contributed by atoms with van der Waals surface area (Å²) in [6.45, 7) is 1.42. The molecule has 4 heteroatoms. The highest BCUT2D eigenvalue weighted by Crippen LogP contribution is 2.27. The number of hydrogen-bond donors (Lipinski definition) is 1. The highest BCUT2D eigenvalue weighted by atomic mass is 16.5. The molecule has 1 aromatic carbocycles. The van der Waals surface area contributed by atoms with Crippen LogP contribution in [0.1, 0.15) is 11.3 Å². The van der Waals surface area contributed by atoms with E-state index in [0.29, 0.717) is 6.61 Å². The maximum absolute atomic E-state index is 5.49. The number of rotatable bonds is 2. The van der Waals surface area contributed by atoms with Crippen LogP contribution in [0.25, 0.3) is 5.69 Å². The quantitative estimate of drug-likeness (QED) is 0.856. The lowest BCUT2D eigenvalue weighted by Gasteiger charge is -2.12. The third kappa shape index (κ3) is 1.70. The second-order valence-electron chi connectivity index (χ2n) is 4.07. The van der Waals surface area contributed by atoms with Gasteiger partial charge in [-0.15, -0.1) is 0 Å². The Morgan fingerprint density at radius 2 is 2.12 bits per heavy atom.